The second-order valence-electron chi connectivity index (χ2n) is 7.54. The summed E-state index contributed by atoms with van der Waals surface area (Å²) in [6, 6.07) is 18.3. The zero-order chi connectivity index (χ0) is 21.3. The van der Waals surface area contributed by atoms with Crippen molar-refractivity contribution in [2.45, 2.75) is 32.8 Å². The maximum atomic E-state index is 11.5. The number of carboxylic acid groups (broad SMARTS) is 1. The van der Waals surface area contributed by atoms with Gasteiger partial charge in [0.05, 0.1) is 17.0 Å². The number of aliphatic hydroxyl groups excluding tert-OH is 1. The van der Waals surface area contributed by atoms with Gasteiger partial charge in [-0.1, -0.05) is 55.8 Å². The summed E-state index contributed by atoms with van der Waals surface area (Å²) in [6.45, 7) is 4.12. The number of aryl methyl sites for hydroxylation is 2. The summed E-state index contributed by atoms with van der Waals surface area (Å²) in [5.41, 5.74) is 6.10. The number of imidazole rings is 1. The van der Waals surface area contributed by atoms with Gasteiger partial charge in [0.25, 0.3) is 0 Å². The molecule has 0 spiro atoms. The van der Waals surface area contributed by atoms with Crippen molar-refractivity contribution < 1.29 is 15.0 Å². The molecular weight excluding hydrogens is 376 g/mol. The summed E-state index contributed by atoms with van der Waals surface area (Å²) >= 11 is 0. The lowest BCUT2D eigenvalue weighted by molar-refractivity contribution is 0.0697. The molecule has 30 heavy (non-hydrogen) atoms. The van der Waals surface area contributed by atoms with Gasteiger partial charge in [-0.25, -0.2) is 9.78 Å². The Labute approximate surface area is 175 Å². The molecule has 0 bridgehead atoms. The highest BCUT2D eigenvalue weighted by Crippen LogP contribution is 2.29. The molecule has 0 fully saturated rings. The Morgan fingerprint density at radius 2 is 1.83 bits per heavy atom. The van der Waals surface area contributed by atoms with Gasteiger partial charge in [0.2, 0.25) is 0 Å². The van der Waals surface area contributed by atoms with E-state index in [4.69, 9.17) is 0 Å². The second-order valence-corrected chi connectivity index (χ2v) is 7.54. The number of pyridine rings is 1. The van der Waals surface area contributed by atoms with Gasteiger partial charge in [0, 0.05) is 6.20 Å². The zero-order valence-corrected chi connectivity index (χ0v) is 17.0. The van der Waals surface area contributed by atoms with Crippen LogP contribution in [0.1, 0.15) is 52.3 Å². The zero-order valence-electron chi connectivity index (χ0n) is 17.0. The molecule has 0 saturated carbocycles. The van der Waals surface area contributed by atoms with E-state index in [1.54, 1.807) is 18.2 Å². The molecule has 4 rings (SSSR count). The smallest absolute Gasteiger partial charge is 0.336 e. The van der Waals surface area contributed by atoms with Gasteiger partial charge in [-0.3, -0.25) is 0 Å². The Kier molecular flexibility index (Phi) is 5.38. The fraction of sp³-hybridized carbons (Fsp3) is 0.200. The molecule has 0 aliphatic heterocycles. The number of rotatable bonds is 6. The third-order valence-corrected chi connectivity index (χ3v) is 5.27. The van der Waals surface area contributed by atoms with Crippen molar-refractivity contribution in [2.75, 3.05) is 0 Å². The topological polar surface area (TPSA) is 74.8 Å². The van der Waals surface area contributed by atoms with Crippen LogP contribution in [0.4, 0.5) is 0 Å². The number of aromatic carboxylic acids is 1. The Morgan fingerprint density at radius 3 is 2.53 bits per heavy atom. The van der Waals surface area contributed by atoms with Crippen molar-refractivity contribution in [3.8, 4) is 11.1 Å². The summed E-state index contributed by atoms with van der Waals surface area (Å²) in [5, 5.41) is 20.6. The molecule has 0 amide bonds. The van der Waals surface area contributed by atoms with Crippen molar-refractivity contribution in [2.24, 2.45) is 0 Å². The Morgan fingerprint density at radius 1 is 1.10 bits per heavy atom. The van der Waals surface area contributed by atoms with Gasteiger partial charge in [0.15, 0.2) is 0 Å². The van der Waals surface area contributed by atoms with E-state index in [2.05, 4.69) is 11.9 Å². The number of carbonyl (C=O) groups is 1. The van der Waals surface area contributed by atoms with Crippen LogP contribution in [0.2, 0.25) is 0 Å². The lowest BCUT2D eigenvalue weighted by Crippen LogP contribution is -2.06. The van der Waals surface area contributed by atoms with Crippen LogP contribution < -0.4 is 0 Å². The molecule has 4 aromatic rings. The Balaban J connectivity index is 1.71. The summed E-state index contributed by atoms with van der Waals surface area (Å²) in [4.78, 5) is 16.2. The van der Waals surface area contributed by atoms with Crippen LogP contribution in [0.3, 0.4) is 0 Å². The second kappa shape index (κ2) is 8.13. The molecule has 5 nitrogen and oxygen atoms in total. The Bertz CT molecular complexity index is 1210. The number of aromatic nitrogens is 2. The van der Waals surface area contributed by atoms with Gasteiger partial charge < -0.3 is 14.6 Å². The number of aliphatic hydroxyl groups is 1. The first-order valence-corrected chi connectivity index (χ1v) is 10.1. The molecule has 1 unspecified atom stereocenters. The third kappa shape index (κ3) is 3.72. The number of fused-ring (bicyclic) bond motifs is 1. The maximum absolute atomic E-state index is 11.5. The molecular formula is C25H24N2O3. The van der Waals surface area contributed by atoms with Crippen LogP contribution in [-0.2, 0) is 6.42 Å². The van der Waals surface area contributed by atoms with E-state index in [1.807, 2.05) is 60.0 Å². The predicted molar refractivity (Wildman–Crippen MR) is 117 cm³/mol. The number of hydrogen-bond donors (Lipinski definition) is 2. The van der Waals surface area contributed by atoms with Crippen LogP contribution in [0.5, 0.6) is 0 Å². The van der Waals surface area contributed by atoms with E-state index in [0.29, 0.717) is 5.56 Å². The van der Waals surface area contributed by atoms with Gasteiger partial charge in [-0.15, -0.1) is 0 Å². The molecule has 2 N–H and O–H groups in total. The molecule has 0 saturated heterocycles. The molecule has 0 aliphatic rings. The minimum Gasteiger partial charge on any atom is -0.478 e. The maximum Gasteiger partial charge on any atom is 0.336 e. The SMILES string of the molecule is CCCc1cn2c(C(O)c3ccc(-c4ccccc4C(=O)O)cc3)cc(C)cc2n1. The summed E-state index contributed by atoms with van der Waals surface area (Å²) in [7, 11) is 0. The average molecular weight is 400 g/mol. The number of hydrogen-bond acceptors (Lipinski definition) is 3. The molecule has 0 aliphatic carbocycles. The molecule has 5 heteroatoms. The van der Waals surface area contributed by atoms with Crippen LogP contribution in [0.15, 0.2) is 66.9 Å². The first-order valence-electron chi connectivity index (χ1n) is 10.1. The van der Waals surface area contributed by atoms with Crippen molar-refractivity contribution in [1.82, 2.24) is 9.38 Å². The number of benzene rings is 2. The summed E-state index contributed by atoms with van der Waals surface area (Å²) in [6.07, 6.45) is 3.09. The van der Waals surface area contributed by atoms with Gasteiger partial charge in [-0.2, -0.15) is 0 Å². The van der Waals surface area contributed by atoms with Crippen molar-refractivity contribution in [1.29, 1.82) is 0 Å². The monoisotopic (exact) mass is 400 g/mol. The minimum atomic E-state index is -0.958. The number of carboxylic acids is 1. The Hall–Kier alpha value is -3.44. The molecule has 0 radical (unpaired) electrons. The fourth-order valence-corrected chi connectivity index (χ4v) is 3.83. The third-order valence-electron chi connectivity index (χ3n) is 5.27. The molecule has 152 valence electrons. The van der Waals surface area contributed by atoms with E-state index >= 15 is 0 Å². The van der Waals surface area contributed by atoms with E-state index < -0.39 is 12.1 Å². The largest absolute Gasteiger partial charge is 0.478 e. The molecule has 2 aromatic carbocycles. The van der Waals surface area contributed by atoms with E-state index in [-0.39, 0.29) is 5.56 Å². The van der Waals surface area contributed by atoms with Crippen LogP contribution in [0.25, 0.3) is 16.8 Å². The quantitative estimate of drug-likeness (QED) is 0.475. The molecule has 2 aromatic heterocycles. The highest BCUT2D eigenvalue weighted by atomic mass is 16.4. The lowest BCUT2D eigenvalue weighted by atomic mass is 9.97. The predicted octanol–water partition coefficient (Wildman–Crippen LogP) is 5.04. The lowest BCUT2D eigenvalue weighted by Gasteiger charge is -2.15. The van der Waals surface area contributed by atoms with Gasteiger partial charge >= 0.3 is 5.97 Å². The standard InChI is InChI=1S/C25H24N2O3/c1-3-6-19-15-27-22(13-16(2)14-23(27)26-19)24(28)18-11-9-17(10-12-18)20-7-4-5-8-21(20)25(29)30/h4-5,7-15,24,28H,3,6H2,1-2H3,(H,29,30). The summed E-state index contributed by atoms with van der Waals surface area (Å²) in [5.74, 6) is -0.958. The molecule has 2 heterocycles. The normalized spacial score (nSPS) is 12.2. The number of nitrogens with zero attached hydrogens (tertiary/aromatic N) is 2. The van der Waals surface area contributed by atoms with Crippen LogP contribution in [0, 0.1) is 6.92 Å². The van der Waals surface area contributed by atoms with Crippen molar-refractivity contribution >= 4 is 11.6 Å². The van der Waals surface area contributed by atoms with Crippen molar-refractivity contribution in [3.63, 3.8) is 0 Å². The fourth-order valence-electron chi connectivity index (χ4n) is 3.83. The van der Waals surface area contributed by atoms with E-state index in [1.165, 1.54) is 0 Å². The van der Waals surface area contributed by atoms with Gasteiger partial charge in [0.1, 0.15) is 11.8 Å². The highest BCUT2D eigenvalue weighted by molar-refractivity contribution is 5.96. The van der Waals surface area contributed by atoms with E-state index in [0.717, 1.165) is 46.6 Å². The minimum absolute atomic E-state index is 0.257. The first kappa shape index (κ1) is 19.9. The van der Waals surface area contributed by atoms with E-state index in [9.17, 15) is 15.0 Å². The molecule has 1 atom stereocenters. The van der Waals surface area contributed by atoms with Crippen LogP contribution >= 0.6 is 0 Å². The summed E-state index contributed by atoms with van der Waals surface area (Å²) < 4.78 is 1.95. The van der Waals surface area contributed by atoms with Crippen molar-refractivity contribution in [3.05, 3.63) is 94.9 Å². The average Bonchev–Trinajstić information content (AvgIpc) is 3.15. The van der Waals surface area contributed by atoms with Crippen LogP contribution in [-0.4, -0.2) is 25.6 Å². The van der Waals surface area contributed by atoms with Gasteiger partial charge in [-0.05, 0) is 53.8 Å². The first-order chi connectivity index (χ1) is 14.5. The highest BCUT2D eigenvalue weighted by Gasteiger charge is 2.17.